The highest BCUT2D eigenvalue weighted by atomic mass is 79.9. The molecule has 0 spiro atoms. The Balaban J connectivity index is 2.48. The van der Waals surface area contributed by atoms with Gasteiger partial charge in [0.1, 0.15) is 0 Å². The van der Waals surface area contributed by atoms with Crippen molar-refractivity contribution in [1.29, 1.82) is 0 Å². The third-order valence-corrected chi connectivity index (χ3v) is 3.58. The molecule has 1 aromatic heterocycles. The Morgan fingerprint density at radius 2 is 1.89 bits per heavy atom. The second kappa shape index (κ2) is 5.45. The molecule has 1 N–H and O–H groups in total. The molecule has 0 amide bonds. The molecule has 0 aliphatic rings. The third-order valence-electron chi connectivity index (χ3n) is 3.09. The maximum Gasteiger partial charge on any atom is 0.0496 e. The Labute approximate surface area is 118 Å². The summed E-state index contributed by atoms with van der Waals surface area (Å²) in [7, 11) is 0. The highest BCUT2D eigenvalue weighted by molar-refractivity contribution is 9.10. The van der Waals surface area contributed by atoms with Crippen molar-refractivity contribution in [2.45, 2.75) is 46.3 Å². The fourth-order valence-electron chi connectivity index (χ4n) is 2.31. The lowest BCUT2D eigenvalue weighted by molar-refractivity contribution is 0.534. The van der Waals surface area contributed by atoms with Gasteiger partial charge in [-0.2, -0.15) is 0 Å². The molecule has 2 nitrogen and oxygen atoms in total. The van der Waals surface area contributed by atoms with Gasteiger partial charge in [-0.3, -0.25) is 0 Å². The molecule has 0 radical (unpaired) electrons. The number of nitrogens with zero attached hydrogens (tertiary/aromatic N) is 1. The van der Waals surface area contributed by atoms with Gasteiger partial charge in [-0.15, -0.1) is 0 Å². The normalized spacial score (nSPS) is 11.9. The van der Waals surface area contributed by atoms with Gasteiger partial charge in [0.25, 0.3) is 0 Å². The van der Waals surface area contributed by atoms with Crippen molar-refractivity contribution in [2.24, 2.45) is 0 Å². The molecule has 98 valence electrons. The molecule has 18 heavy (non-hydrogen) atoms. The average molecular weight is 309 g/mol. The Bertz CT molecular complexity index is 541. The van der Waals surface area contributed by atoms with Gasteiger partial charge >= 0.3 is 0 Å². The van der Waals surface area contributed by atoms with E-state index in [0.717, 1.165) is 11.0 Å². The van der Waals surface area contributed by atoms with E-state index in [1.165, 1.54) is 16.6 Å². The molecule has 0 atom stereocenters. The molecule has 1 aromatic carbocycles. The van der Waals surface area contributed by atoms with Crippen molar-refractivity contribution in [3.8, 4) is 0 Å². The quantitative estimate of drug-likeness (QED) is 0.881. The van der Waals surface area contributed by atoms with Gasteiger partial charge in [0.15, 0.2) is 0 Å². The van der Waals surface area contributed by atoms with Crippen LogP contribution in [0.2, 0.25) is 0 Å². The van der Waals surface area contributed by atoms with E-state index in [2.05, 4.69) is 77.8 Å². The van der Waals surface area contributed by atoms with Gasteiger partial charge in [0.2, 0.25) is 0 Å². The fraction of sp³-hybridized carbons (Fsp3) is 0.467. The van der Waals surface area contributed by atoms with Gasteiger partial charge in [-0.1, -0.05) is 35.8 Å². The van der Waals surface area contributed by atoms with E-state index in [1.54, 1.807) is 0 Å². The van der Waals surface area contributed by atoms with E-state index in [4.69, 9.17) is 0 Å². The van der Waals surface area contributed by atoms with E-state index in [1.807, 2.05) is 0 Å². The zero-order valence-electron chi connectivity index (χ0n) is 11.5. The molecule has 1 heterocycles. The van der Waals surface area contributed by atoms with Gasteiger partial charge in [-0.05, 0) is 37.4 Å². The number of halogens is 1. The molecule has 0 aliphatic carbocycles. The first-order valence-corrected chi connectivity index (χ1v) is 7.31. The van der Waals surface area contributed by atoms with Crippen LogP contribution in [-0.2, 0) is 6.54 Å². The number of benzene rings is 1. The lowest BCUT2D eigenvalue weighted by Crippen LogP contribution is -2.23. The van der Waals surface area contributed by atoms with Crippen molar-refractivity contribution < 1.29 is 0 Å². The molecule has 0 saturated heterocycles. The number of hydrogen-bond acceptors (Lipinski definition) is 1. The molecule has 0 unspecified atom stereocenters. The Morgan fingerprint density at radius 3 is 2.50 bits per heavy atom. The summed E-state index contributed by atoms with van der Waals surface area (Å²) in [6.07, 6.45) is 0. The number of nitrogens with one attached hydrogen (secondary N) is 1. The summed E-state index contributed by atoms with van der Waals surface area (Å²) >= 11 is 3.56. The van der Waals surface area contributed by atoms with Crippen LogP contribution in [-0.4, -0.2) is 10.6 Å². The van der Waals surface area contributed by atoms with Crippen LogP contribution < -0.4 is 5.32 Å². The molecule has 0 saturated carbocycles. The van der Waals surface area contributed by atoms with Gasteiger partial charge in [0, 0.05) is 34.3 Å². The van der Waals surface area contributed by atoms with Crippen LogP contribution >= 0.6 is 15.9 Å². The molecular weight excluding hydrogens is 288 g/mol. The van der Waals surface area contributed by atoms with Crippen LogP contribution in [0.25, 0.3) is 10.9 Å². The minimum absolute atomic E-state index is 0.473. The van der Waals surface area contributed by atoms with Crippen molar-refractivity contribution in [2.75, 3.05) is 0 Å². The van der Waals surface area contributed by atoms with Crippen LogP contribution in [0.1, 0.15) is 39.4 Å². The van der Waals surface area contributed by atoms with Gasteiger partial charge in [0.05, 0.1) is 0 Å². The second-order valence-corrected chi connectivity index (χ2v) is 6.25. The summed E-state index contributed by atoms with van der Waals surface area (Å²) in [6.45, 7) is 9.75. The van der Waals surface area contributed by atoms with Crippen LogP contribution in [0.3, 0.4) is 0 Å². The van der Waals surface area contributed by atoms with Crippen molar-refractivity contribution in [3.63, 3.8) is 0 Å². The predicted molar refractivity (Wildman–Crippen MR) is 82.0 cm³/mol. The lowest BCUT2D eigenvalue weighted by atomic mass is 10.2. The van der Waals surface area contributed by atoms with Crippen LogP contribution in [0.15, 0.2) is 28.7 Å². The molecule has 3 heteroatoms. The summed E-state index contributed by atoms with van der Waals surface area (Å²) < 4.78 is 3.55. The maximum absolute atomic E-state index is 3.56. The number of rotatable bonds is 4. The van der Waals surface area contributed by atoms with Gasteiger partial charge in [-0.25, -0.2) is 0 Å². The summed E-state index contributed by atoms with van der Waals surface area (Å²) in [5.41, 5.74) is 2.66. The topological polar surface area (TPSA) is 17.0 Å². The first kappa shape index (κ1) is 13.6. The van der Waals surface area contributed by atoms with E-state index < -0.39 is 0 Å². The van der Waals surface area contributed by atoms with Crippen LogP contribution in [0.4, 0.5) is 0 Å². The van der Waals surface area contributed by atoms with Gasteiger partial charge < -0.3 is 9.88 Å². The first-order chi connectivity index (χ1) is 8.49. The van der Waals surface area contributed by atoms with E-state index in [0.29, 0.717) is 12.1 Å². The first-order valence-electron chi connectivity index (χ1n) is 6.51. The summed E-state index contributed by atoms with van der Waals surface area (Å²) in [6, 6.07) is 9.76. The third kappa shape index (κ3) is 2.78. The fourth-order valence-corrected chi connectivity index (χ4v) is 2.65. The number of fused-ring (bicyclic) bond motifs is 1. The predicted octanol–water partition coefficient (Wildman–Crippen LogP) is 4.48. The molecular formula is C15H21BrN2. The van der Waals surface area contributed by atoms with E-state index in [9.17, 15) is 0 Å². The Hall–Kier alpha value is -0.800. The van der Waals surface area contributed by atoms with Crippen molar-refractivity contribution >= 4 is 26.8 Å². The molecule has 0 bridgehead atoms. The lowest BCUT2D eigenvalue weighted by Gasteiger charge is -2.16. The number of hydrogen-bond donors (Lipinski definition) is 1. The molecule has 0 aliphatic heterocycles. The minimum atomic E-state index is 0.473. The Morgan fingerprint density at radius 1 is 1.17 bits per heavy atom. The smallest absolute Gasteiger partial charge is 0.0496 e. The summed E-state index contributed by atoms with van der Waals surface area (Å²) in [5, 5.41) is 4.81. The van der Waals surface area contributed by atoms with Crippen LogP contribution in [0, 0.1) is 0 Å². The summed E-state index contributed by atoms with van der Waals surface area (Å²) in [5.74, 6) is 0. The summed E-state index contributed by atoms with van der Waals surface area (Å²) in [4.78, 5) is 0. The van der Waals surface area contributed by atoms with Crippen molar-refractivity contribution in [3.05, 3.63) is 34.4 Å². The Kier molecular flexibility index (Phi) is 4.13. The largest absolute Gasteiger partial charge is 0.341 e. The van der Waals surface area contributed by atoms with E-state index in [-0.39, 0.29) is 0 Å². The van der Waals surface area contributed by atoms with Crippen molar-refractivity contribution in [1.82, 2.24) is 9.88 Å². The molecule has 2 rings (SSSR count). The SMILES string of the molecule is CC(C)NCc1cc2ccc(Br)cc2n1C(C)C. The monoisotopic (exact) mass is 308 g/mol. The van der Waals surface area contributed by atoms with E-state index >= 15 is 0 Å². The number of aromatic nitrogens is 1. The zero-order valence-corrected chi connectivity index (χ0v) is 13.1. The molecule has 2 aromatic rings. The minimum Gasteiger partial charge on any atom is -0.341 e. The standard InChI is InChI=1S/C15H21BrN2/c1-10(2)17-9-14-7-12-5-6-13(16)8-15(12)18(14)11(3)4/h5-8,10-11,17H,9H2,1-4H3. The molecule has 0 fully saturated rings. The second-order valence-electron chi connectivity index (χ2n) is 5.34. The van der Waals surface area contributed by atoms with Crippen LogP contribution in [0.5, 0.6) is 0 Å². The highest BCUT2D eigenvalue weighted by Gasteiger charge is 2.11. The zero-order chi connectivity index (χ0) is 13.3. The highest BCUT2D eigenvalue weighted by Crippen LogP contribution is 2.27. The average Bonchev–Trinajstić information content (AvgIpc) is 2.63. The maximum atomic E-state index is 3.56.